The predicted octanol–water partition coefficient (Wildman–Crippen LogP) is 4.83. The predicted molar refractivity (Wildman–Crippen MR) is 110 cm³/mol. The van der Waals surface area contributed by atoms with Crippen LogP contribution in [0.25, 0.3) is 0 Å². The highest BCUT2D eigenvalue weighted by Gasteiger charge is 2.50. The second kappa shape index (κ2) is 9.04. The molecular formula is C24H21F2NO4. The van der Waals surface area contributed by atoms with Crippen LogP contribution < -0.4 is 14.2 Å². The smallest absolute Gasteiger partial charge is 0.387 e. The van der Waals surface area contributed by atoms with Crippen molar-refractivity contribution in [2.24, 2.45) is 0 Å². The van der Waals surface area contributed by atoms with Crippen molar-refractivity contribution in [1.29, 1.82) is 0 Å². The van der Waals surface area contributed by atoms with Crippen LogP contribution >= 0.6 is 0 Å². The fourth-order valence-corrected chi connectivity index (χ4v) is 3.65. The maximum absolute atomic E-state index is 13.0. The third-order valence-electron chi connectivity index (χ3n) is 5.10. The molecule has 7 heteroatoms. The maximum Gasteiger partial charge on any atom is 0.387 e. The number of nitrogens with zero attached hydrogens (tertiary/aromatic N) is 1. The lowest BCUT2D eigenvalue weighted by Crippen LogP contribution is -2.60. The minimum atomic E-state index is -2.96. The van der Waals surface area contributed by atoms with Gasteiger partial charge >= 0.3 is 6.61 Å². The van der Waals surface area contributed by atoms with Gasteiger partial charge in [0.1, 0.15) is 11.8 Å². The number of hydrogen-bond acceptors (Lipinski definition) is 4. The molecule has 4 rings (SSSR count). The van der Waals surface area contributed by atoms with Gasteiger partial charge in [-0.3, -0.25) is 4.79 Å². The number of amides is 1. The molecule has 0 unspecified atom stereocenters. The van der Waals surface area contributed by atoms with Crippen LogP contribution in [0.5, 0.6) is 17.2 Å². The van der Waals surface area contributed by atoms with E-state index < -0.39 is 18.8 Å². The molecule has 1 aliphatic rings. The summed E-state index contributed by atoms with van der Waals surface area (Å²) < 4.78 is 41.1. The number of methoxy groups -OCH3 is 1. The lowest BCUT2D eigenvalue weighted by Gasteiger charge is -2.47. The van der Waals surface area contributed by atoms with E-state index in [2.05, 4.69) is 4.74 Å². The highest BCUT2D eigenvalue weighted by Crippen LogP contribution is 2.41. The van der Waals surface area contributed by atoms with Crippen LogP contribution in [-0.2, 0) is 11.3 Å². The zero-order valence-electron chi connectivity index (χ0n) is 16.8. The van der Waals surface area contributed by atoms with Crippen molar-refractivity contribution < 1.29 is 27.8 Å². The van der Waals surface area contributed by atoms with Gasteiger partial charge < -0.3 is 19.1 Å². The topological polar surface area (TPSA) is 48.0 Å². The van der Waals surface area contributed by atoms with Gasteiger partial charge in [-0.05, 0) is 35.4 Å². The highest BCUT2D eigenvalue weighted by molar-refractivity contribution is 5.89. The van der Waals surface area contributed by atoms with Gasteiger partial charge in [0.2, 0.25) is 6.10 Å². The van der Waals surface area contributed by atoms with Gasteiger partial charge in [0.25, 0.3) is 5.91 Å². The van der Waals surface area contributed by atoms with Crippen molar-refractivity contribution in [3.05, 3.63) is 90.0 Å². The van der Waals surface area contributed by atoms with E-state index in [-0.39, 0.29) is 17.4 Å². The summed E-state index contributed by atoms with van der Waals surface area (Å²) in [6.07, 6.45) is -0.738. The van der Waals surface area contributed by atoms with E-state index in [0.29, 0.717) is 17.9 Å². The van der Waals surface area contributed by atoms with Crippen LogP contribution in [0.1, 0.15) is 17.2 Å². The molecule has 5 nitrogen and oxygen atoms in total. The first kappa shape index (κ1) is 20.7. The molecule has 1 aliphatic heterocycles. The van der Waals surface area contributed by atoms with Gasteiger partial charge in [0, 0.05) is 6.54 Å². The normalized spacial score (nSPS) is 17.9. The third-order valence-corrected chi connectivity index (χ3v) is 5.10. The SMILES string of the molecule is COc1cc([C@H]2[C@H](Oc3ccccc3)C(=O)N2Cc2ccccc2)ccc1OC(F)F. The molecule has 0 aromatic heterocycles. The number of rotatable bonds is 8. The number of ether oxygens (including phenoxy) is 3. The highest BCUT2D eigenvalue weighted by atomic mass is 19.3. The monoisotopic (exact) mass is 425 g/mol. The van der Waals surface area contributed by atoms with Crippen molar-refractivity contribution in [1.82, 2.24) is 4.90 Å². The first-order valence-electron chi connectivity index (χ1n) is 9.75. The van der Waals surface area contributed by atoms with E-state index in [1.165, 1.54) is 13.2 Å². The summed E-state index contributed by atoms with van der Waals surface area (Å²) in [4.78, 5) is 14.7. The first-order chi connectivity index (χ1) is 15.1. The summed E-state index contributed by atoms with van der Waals surface area (Å²) in [5, 5.41) is 0. The Morgan fingerprint density at radius 3 is 2.26 bits per heavy atom. The zero-order valence-corrected chi connectivity index (χ0v) is 16.8. The molecule has 31 heavy (non-hydrogen) atoms. The summed E-state index contributed by atoms with van der Waals surface area (Å²) in [5.74, 6) is 0.525. The number of halogens is 2. The minimum Gasteiger partial charge on any atom is -0.493 e. The fourth-order valence-electron chi connectivity index (χ4n) is 3.65. The molecule has 3 aromatic rings. The molecule has 3 aromatic carbocycles. The lowest BCUT2D eigenvalue weighted by atomic mass is 9.89. The van der Waals surface area contributed by atoms with Crippen LogP contribution in [-0.4, -0.2) is 30.6 Å². The molecule has 0 bridgehead atoms. The number of benzene rings is 3. The molecule has 1 heterocycles. The van der Waals surface area contributed by atoms with E-state index in [9.17, 15) is 13.6 Å². The Bertz CT molecular complexity index is 979. The Morgan fingerprint density at radius 1 is 0.935 bits per heavy atom. The maximum atomic E-state index is 13.0. The van der Waals surface area contributed by atoms with E-state index in [1.807, 2.05) is 48.5 Å². The van der Waals surface area contributed by atoms with E-state index in [4.69, 9.17) is 9.47 Å². The molecule has 0 saturated carbocycles. The number of hydrogen-bond donors (Lipinski definition) is 0. The van der Waals surface area contributed by atoms with Gasteiger partial charge in [-0.1, -0.05) is 54.6 Å². The molecule has 1 saturated heterocycles. The van der Waals surface area contributed by atoms with Crippen LogP contribution in [0, 0.1) is 0 Å². The van der Waals surface area contributed by atoms with Gasteiger partial charge in [-0.15, -0.1) is 0 Å². The standard InChI is InChI=1S/C24H21F2NO4/c1-29-20-14-17(12-13-19(20)31-24(25)26)21-22(30-18-10-6-3-7-11-18)23(28)27(21)15-16-8-4-2-5-9-16/h2-14,21-22,24H,15H2,1H3/t21-,22-/m0/s1. The van der Waals surface area contributed by atoms with Crippen LogP contribution in [0.15, 0.2) is 78.9 Å². The Balaban J connectivity index is 1.65. The number of alkyl halides is 2. The Kier molecular flexibility index (Phi) is 6.02. The number of carbonyl (C=O) groups is 1. The molecular weight excluding hydrogens is 404 g/mol. The van der Waals surface area contributed by atoms with Gasteiger partial charge in [-0.25, -0.2) is 0 Å². The molecule has 0 N–H and O–H groups in total. The van der Waals surface area contributed by atoms with Crippen LogP contribution in [0.2, 0.25) is 0 Å². The number of β-lactam (4-membered cyclic amide) rings is 1. The van der Waals surface area contributed by atoms with Crippen LogP contribution in [0.4, 0.5) is 8.78 Å². The van der Waals surface area contributed by atoms with E-state index >= 15 is 0 Å². The number of likely N-dealkylation sites (tertiary alicyclic amines) is 1. The molecule has 2 atom stereocenters. The summed E-state index contributed by atoms with van der Waals surface area (Å²) in [6, 6.07) is 23.0. The second-order valence-electron chi connectivity index (χ2n) is 7.04. The van der Waals surface area contributed by atoms with Crippen LogP contribution in [0.3, 0.4) is 0 Å². The lowest BCUT2D eigenvalue weighted by molar-refractivity contribution is -0.165. The Hall–Kier alpha value is -3.61. The second-order valence-corrected chi connectivity index (χ2v) is 7.04. The summed E-state index contributed by atoms with van der Waals surface area (Å²) >= 11 is 0. The molecule has 1 fully saturated rings. The van der Waals surface area contributed by atoms with E-state index in [0.717, 1.165) is 5.56 Å². The van der Waals surface area contributed by atoms with E-state index in [1.54, 1.807) is 29.2 Å². The Labute approximate surface area is 178 Å². The van der Waals surface area contributed by atoms with Crippen molar-refractivity contribution in [2.75, 3.05) is 7.11 Å². The Morgan fingerprint density at radius 2 is 1.61 bits per heavy atom. The minimum absolute atomic E-state index is 0.0676. The van der Waals surface area contributed by atoms with Gasteiger partial charge in [0.05, 0.1) is 7.11 Å². The van der Waals surface area contributed by atoms with Crippen molar-refractivity contribution in [2.45, 2.75) is 25.3 Å². The average Bonchev–Trinajstić information content (AvgIpc) is 2.79. The summed E-state index contributed by atoms with van der Waals surface area (Å²) in [6.45, 7) is -2.56. The molecule has 0 spiro atoms. The summed E-state index contributed by atoms with van der Waals surface area (Å²) in [5.41, 5.74) is 1.68. The molecule has 0 radical (unpaired) electrons. The zero-order chi connectivity index (χ0) is 21.8. The molecule has 0 aliphatic carbocycles. The largest absolute Gasteiger partial charge is 0.493 e. The summed E-state index contributed by atoms with van der Waals surface area (Å²) in [7, 11) is 1.38. The third kappa shape index (κ3) is 4.45. The fraction of sp³-hybridized carbons (Fsp3) is 0.208. The van der Waals surface area contributed by atoms with Crippen molar-refractivity contribution >= 4 is 5.91 Å². The van der Waals surface area contributed by atoms with Crippen molar-refractivity contribution in [3.8, 4) is 17.2 Å². The van der Waals surface area contributed by atoms with Crippen molar-refractivity contribution in [3.63, 3.8) is 0 Å². The van der Waals surface area contributed by atoms with Gasteiger partial charge in [0.15, 0.2) is 11.5 Å². The number of carbonyl (C=O) groups excluding carboxylic acids is 1. The molecule has 1 amide bonds. The van der Waals surface area contributed by atoms with Gasteiger partial charge in [-0.2, -0.15) is 8.78 Å². The average molecular weight is 425 g/mol. The molecule has 160 valence electrons. The quantitative estimate of drug-likeness (QED) is 0.485. The number of para-hydroxylation sites is 1. The first-order valence-corrected chi connectivity index (χ1v) is 9.75.